The Morgan fingerprint density at radius 3 is 2.56 bits per heavy atom. The van der Waals surface area contributed by atoms with E-state index in [1.165, 1.54) is 5.56 Å². The molecular weight excluding hydrogens is 402 g/mol. The maximum Gasteiger partial charge on any atom is 0.237 e. The molecule has 4 rings (SSSR count). The number of benzene rings is 2. The maximum absolute atomic E-state index is 13.0. The minimum atomic E-state index is -0.246. The van der Waals surface area contributed by atoms with E-state index in [2.05, 4.69) is 35.4 Å². The van der Waals surface area contributed by atoms with E-state index in [1.807, 2.05) is 18.2 Å². The Bertz CT molecular complexity index is 938. The molecule has 1 amide bonds. The molecule has 1 fully saturated rings. The van der Waals surface area contributed by atoms with E-state index in [-0.39, 0.29) is 23.7 Å². The van der Waals surface area contributed by atoms with E-state index in [0.29, 0.717) is 30.6 Å². The molecule has 172 valence electrons. The topological polar surface area (TPSA) is 84.8 Å². The zero-order valence-electron chi connectivity index (χ0n) is 19.1. The third kappa shape index (κ3) is 5.43. The van der Waals surface area contributed by atoms with E-state index in [9.17, 15) is 15.0 Å². The summed E-state index contributed by atoms with van der Waals surface area (Å²) in [7, 11) is 0. The summed E-state index contributed by atoms with van der Waals surface area (Å²) in [6.07, 6.45) is 2.77. The van der Waals surface area contributed by atoms with Gasteiger partial charge in [0.15, 0.2) is 0 Å². The van der Waals surface area contributed by atoms with Crippen molar-refractivity contribution in [2.75, 3.05) is 19.6 Å². The number of hydrogen-bond donors (Lipinski definition) is 4. The lowest BCUT2D eigenvalue weighted by atomic mass is 9.89. The fourth-order valence-corrected chi connectivity index (χ4v) is 4.90. The highest BCUT2D eigenvalue weighted by molar-refractivity contribution is 5.82. The zero-order chi connectivity index (χ0) is 22.7. The average molecular weight is 438 g/mol. The summed E-state index contributed by atoms with van der Waals surface area (Å²) in [6.45, 7) is 7.77. The normalized spacial score (nSPS) is 20.7. The van der Waals surface area contributed by atoms with Crippen molar-refractivity contribution in [3.63, 3.8) is 0 Å². The van der Waals surface area contributed by atoms with Crippen LogP contribution in [0.15, 0.2) is 42.5 Å². The second kappa shape index (κ2) is 9.92. The molecule has 0 aliphatic carbocycles. The van der Waals surface area contributed by atoms with Crippen LogP contribution in [-0.2, 0) is 17.8 Å². The third-order valence-electron chi connectivity index (χ3n) is 6.99. The SMILES string of the molecule is CC(C)[C@@H](CN1CCC(c2cccc(O)c2)CC1)NC(=O)C1Cc2ccc(O)cc2CN1. The van der Waals surface area contributed by atoms with Crippen molar-refractivity contribution >= 4 is 5.91 Å². The van der Waals surface area contributed by atoms with Gasteiger partial charge in [-0.1, -0.05) is 32.0 Å². The van der Waals surface area contributed by atoms with Gasteiger partial charge in [0.2, 0.25) is 5.91 Å². The molecule has 0 saturated carbocycles. The monoisotopic (exact) mass is 437 g/mol. The Balaban J connectivity index is 1.30. The number of fused-ring (bicyclic) bond motifs is 1. The van der Waals surface area contributed by atoms with Crippen LogP contribution in [0.3, 0.4) is 0 Å². The van der Waals surface area contributed by atoms with Crippen molar-refractivity contribution in [2.24, 2.45) is 5.92 Å². The van der Waals surface area contributed by atoms with Crippen molar-refractivity contribution in [2.45, 2.75) is 57.7 Å². The van der Waals surface area contributed by atoms with Crippen molar-refractivity contribution in [3.8, 4) is 11.5 Å². The number of carbonyl (C=O) groups is 1. The summed E-state index contributed by atoms with van der Waals surface area (Å²) in [5, 5.41) is 26.1. The highest BCUT2D eigenvalue weighted by Gasteiger charge is 2.29. The van der Waals surface area contributed by atoms with Crippen LogP contribution >= 0.6 is 0 Å². The van der Waals surface area contributed by atoms with Crippen LogP contribution in [0.5, 0.6) is 11.5 Å². The van der Waals surface area contributed by atoms with Crippen LogP contribution in [0, 0.1) is 5.92 Å². The molecule has 1 saturated heterocycles. The lowest BCUT2D eigenvalue weighted by Gasteiger charge is -2.36. The van der Waals surface area contributed by atoms with Gasteiger partial charge < -0.3 is 25.7 Å². The van der Waals surface area contributed by atoms with Gasteiger partial charge in [-0.05, 0) is 85.1 Å². The van der Waals surface area contributed by atoms with Gasteiger partial charge in [0, 0.05) is 19.1 Å². The minimum Gasteiger partial charge on any atom is -0.508 e. The number of aromatic hydroxyl groups is 2. The molecule has 32 heavy (non-hydrogen) atoms. The lowest BCUT2D eigenvalue weighted by Crippen LogP contribution is -2.54. The first-order chi connectivity index (χ1) is 15.4. The number of rotatable bonds is 6. The number of piperidine rings is 1. The summed E-state index contributed by atoms with van der Waals surface area (Å²) in [6, 6.07) is 12.9. The van der Waals surface area contributed by atoms with Gasteiger partial charge in [-0.15, -0.1) is 0 Å². The molecule has 0 radical (unpaired) electrons. The maximum atomic E-state index is 13.0. The van der Waals surface area contributed by atoms with E-state index in [0.717, 1.165) is 43.6 Å². The predicted molar refractivity (Wildman–Crippen MR) is 126 cm³/mol. The number of phenolic OH excluding ortho intramolecular Hbond substituents is 2. The van der Waals surface area contributed by atoms with Gasteiger partial charge in [-0.2, -0.15) is 0 Å². The molecule has 1 unspecified atom stereocenters. The number of likely N-dealkylation sites (tertiary alicyclic amines) is 1. The number of phenols is 2. The highest BCUT2D eigenvalue weighted by Crippen LogP contribution is 2.30. The molecule has 2 aromatic rings. The van der Waals surface area contributed by atoms with Gasteiger partial charge in [-0.3, -0.25) is 4.79 Å². The largest absolute Gasteiger partial charge is 0.508 e. The lowest BCUT2D eigenvalue weighted by molar-refractivity contribution is -0.124. The summed E-state index contributed by atoms with van der Waals surface area (Å²) in [5.41, 5.74) is 3.40. The van der Waals surface area contributed by atoms with Gasteiger partial charge in [-0.25, -0.2) is 0 Å². The molecule has 2 aliphatic rings. The van der Waals surface area contributed by atoms with E-state index in [1.54, 1.807) is 18.2 Å². The summed E-state index contributed by atoms with van der Waals surface area (Å²) in [5.74, 6) is 1.48. The molecule has 2 aliphatic heterocycles. The highest BCUT2D eigenvalue weighted by atomic mass is 16.3. The fourth-order valence-electron chi connectivity index (χ4n) is 4.90. The molecule has 4 N–H and O–H groups in total. The smallest absolute Gasteiger partial charge is 0.237 e. The van der Waals surface area contributed by atoms with Crippen LogP contribution < -0.4 is 10.6 Å². The molecule has 0 aromatic heterocycles. The number of nitrogens with one attached hydrogen (secondary N) is 2. The number of carbonyl (C=O) groups excluding carboxylic acids is 1. The molecule has 2 aromatic carbocycles. The Labute approximate surface area is 190 Å². The van der Waals surface area contributed by atoms with Gasteiger partial charge in [0.1, 0.15) is 11.5 Å². The fraction of sp³-hybridized carbons (Fsp3) is 0.500. The Hall–Kier alpha value is -2.57. The second-order valence-electron chi connectivity index (χ2n) is 9.62. The van der Waals surface area contributed by atoms with Crippen molar-refractivity contribution in [1.82, 2.24) is 15.5 Å². The summed E-state index contributed by atoms with van der Waals surface area (Å²) < 4.78 is 0. The van der Waals surface area contributed by atoms with Gasteiger partial charge in [0.05, 0.1) is 6.04 Å². The van der Waals surface area contributed by atoms with Crippen LogP contribution in [0.25, 0.3) is 0 Å². The van der Waals surface area contributed by atoms with E-state index >= 15 is 0 Å². The first-order valence-electron chi connectivity index (χ1n) is 11.7. The molecule has 0 spiro atoms. The molecular formula is C26H35N3O3. The Kier molecular flexibility index (Phi) is 7.01. The van der Waals surface area contributed by atoms with Gasteiger partial charge in [0.25, 0.3) is 0 Å². The molecule has 0 bridgehead atoms. The zero-order valence-corrected chi connectivity index (χ0v) is 19.1. The first-order valence-corrected chi connectivity index (χ1v) is 11.7. The number of hydrogen-bond acceptors (Lipinski definition) is 5. The van der Waals surface area contributed by atoms with Crippen LogP contribution in [-0.4, -0.2) is 52.7 Å². The molecule has 2 atom stereocenters. The summed E-state index contributed by atoms with van der Waals surface area (Å²) in [4.78, 5) is 15.5. The van der Waals surface area contributed by atoms with Crippen molar-refractivity contribution in [3.05, 3.63) is 59.2 Å². The predicted octanol–water partition coefficient (Wildman–Crippen LogP) is 3.13. The van der Waals surface area contributed by atoms with E-state index in [4.69, 9.17) is 0 Å². The van der Waals surface area contributed by atoms with Crippen molar-refractivity contribution in [1.29, 1.82) is 0 Å². The molecule has 2 heterocycles. The Morgan fingerprint density at radius 1 is 1.09 bits per heavy atom. The standard InChI is InChI=1S/C26H35N3O3/c1-17(2)25(16-29-10-8-18(9-11-29)19-4-3-5-22(30)12-19)28-26(32)24-14-20-6-7-23(31)13-21(20)15-27-24/h3-7,12-13,17-18,24-25,27,30-31H,8-11,14-16H2,1-2H3,(H,28,32)/t24?,25-/m1/s1. The first kappa shape index (κ1) is 22.6. The quantitative estimate of drug-likeness (QED) is 0.558. The number of amides is 1. The minimum absolute atomic E-state index is 0.0528. The molecule has 6 heteroatoms. The third-order valence-corrected chi connectivity index (χ3v) is 6.99. The van der Waals surface area contributed by atoms with Crippen LogP contribution in [0.2, 0.25) is 0 Å². The molecule has 6 nitrogen and oxygen atoms in total. The second-order valence-corrected chi connectivity index (χ2v) is 9.62. The number of nitrogens with zero attached hydrogens (tertiary/aromatic N) is 1. The van der Waals surface area contributed by atoms with Crippen LogP contribution in [0.1, 0.15) is 49.3 Å². The van der Waals surface area contributed by atoms with Crippen molar-refractivity contribution < 1.29 is 15.0 Å². The van der Waals surface area contributed by atoms with E-state index < -0.39 is 0 Å². The average Bonchev–Trinajstić information content (AvgIpc) is 2.78. The summed E-state index contributed by atoms with van der Waals surface area (Å²) >= 11 is 0. The Morgan fingerprint density at radius 2 is 1.84 bits per heavy atom. The van der Waals surface area contributed by atoms with Crippen LogP contribution in [0.4, 0.5) is 0 Å². The van der Waals surface area contributed by atoms with Gasteiger partial charge >= 0.3 is 0 Å².